The van der Waals surface area contributed by atoms with Gasteiger partial charge in [-0.25, -0.2) is 0 Å². The molecule has 0 heteroatoms. The molecular formula is C11H21. The summed E-state index contributed by atoms with van der Waals surface area (Å²) in [5.74, 6) is 0. The average Bonchev–Trinajstić information content (AvgIpc) is 1.85. The molecule has 0 nitrogen and oxygen atoms in total. The summed E-state index contributed by atoms with van der Waals surface area (Å²) >= 11 is 0. The lowest BCUT2D eigenvalue weighted by Crippen LogP contribution is -2.30. The minimum absolute atomic E-state index is 0.543. The Balaban J connectivity index is 2.59. The molecule has 1 saturated carbocycles. The second kappa shape index (κ2) is 2.80. The molecule has 0 heterocycles. The van der Waals surface area contributed by atoms with Crippen LogP contribution in [0.3, 0.4) is 0 Å². The fourth-order valence-corrected chi connectivity index (χ4v) is 2.54. The molecule has 0 spiro atoms. The van der Waals surface area contributed by atoms with Gasteiger partial charge in [0.2, 0.25) is 0 Å². The second-order valence-corrected chi connectivity index (χ2v) is 5.26. The van der Waals surface area contributed by atoms with Crippen molar-refractivity contribution in [1.29, 1.82) is 0 Å². The first-order valence-corrected chi connectivity index (χ1v) is 4.77. The lowest BCUT2D eigenvalue weighted by atomic mass is 9.63. The third kappa shape index (κ3) is 2.21. The molecule has 1 rings (SSSR count). The zero-order valence-corrected chi connectivity index (χ0v) is 8.24. The van der Waals surface area contributed by atoms with Gasteiger partial charge in [-0.05, 0) is 36.5 Å². The van der Waals surface area contributed by atoms with Crippen LogP contribution < -0.4 is 0 Å². The average molecular weight is 153 g/mol. The van der Waals surface area contributed by atoms with Crippen LogP contribution in [0.1, 0.15) is 52.9 Å². The smallest absolute Gasteiger partial charge is 0.0321 e. The third-order valence-corrected chi connectivity index (χ3v) is 3.14. The first-order valence-electron chi connectivity index (χ1n) is 4.77. The Morgan fingerprint density at radius 3 is 2.18 bits per heavy atom. The SMILES string of the molecule is [CH2]CC1(C)CCCC(C)(C)C1. The maximum atomic E-state index is 4.05. The summed E-state index contributed by atoms with van der Waals surface area (Å²) in [6.07, 6.45) is 6.67. The van der Waals surface area contributed by atoms with Crippen LogP contribution in [0.2, 0.25) is 0 Å². The summed E-state index contributed by atoms with van der Waals surface area (Å²) < 4.78 is 0. The van der Waals surface area contributed by atoms with Crippen LogP contribution in [0.5, 0.6) is 0 Å². The Bertz CT molecular complexity index is 135. The molecule has 1 aliphatic carbocycles. The van der Waals surface area contributed by atoms with Gasteiger partial charge in [0.15, 0.2) is 0 Å². The highest BCUT2D eigenvalue weighted by atomic mass is 14.4. The zero-order chi connectivity index (χ0) is 8.54. The van der Waals surface area contributed by atoms with Crippen molar-refractivity contribution in [2.45, 2.75) is 52.9 Å². The Labute approximate surface area is 71.4 Å². The molecule has 11 heavy (non-hydrogen) atoms. The van der Waals surface area contributed by atoms with Crippen molar-refractivity contribution in [2.24, 2.45) is 10.8 Å². The van der Waals surface area contributed by atoms with Crippen molar-refractivity contribution < 1.29 is 0 Å². The van der Waals surface area contributed by atoms with Crippen LogP contribution in [0.15, 0.2) is 0 Å². The van der Waals surface area contributed by atoms with Gasteiger partial charge in [-0.15, -0.1) is 0 Å². The predicted molar refractivity (Wildman–Crippen MR) is 50.3 cm³/mol. The van der Waals surface area contributed by atoms with Crippen LogP contribution in [0.4, 0.5) is 0 Å². The van der Waals surface area contributed by atoms with E-state index >= 15 is 0 Å². The van der Waals surface area contributed by atoms with E-state index in [2.05, 4.69) is 27.7 Å². The summed E-state index contributed by atoms with van der Waals surface area (Å²) in [5.41, 5.74) is 1.12. The summed E-state index contributed by atoms with van der Waals surface area (Å²) in [5, 5.41) is 0. The molecular weight excluding hydrogens is 132 g/mol. The standard InChI is InChI=1S/C11H21/c1-5-11(4)8-6-7-10(2,3)9-11/h1,5-9H2,2-4H3. The number of hydrogen-bond acceptors (Lipinski definition) is 0. The fraction of sp³-hybridized carbons (Fsp3) is 0.909. The molecule has 0 amide bonds. The van der Waals surface area contributed by atoms with Crippen molar-refractivity contribution in [3.05, 3.63) is 6.92 Å². The van der Waals surface area contributed by atoms with Gasteiger partial charge in [-0.3, -0.25) is 0 Å². The van der Waals surface area contributed by atoms with Crippen LogP contribution in [-0.2, 0) is 0 Å². The largest absolute Gasteiger partial charge is 0.0599 e. The van der Waals surface area contributed by atoms with E-state index in [4.69, 9.17) is 0 Å². The van der Waals surface area contributed by atoms with Gasteiger partial charge in [0.1, 0.15) is 0 Å². The van der Waals surface area contributed by atoms with Crippen molar-refractivity contribution in [2.75, 3.05) is 0 Å². The van der Waals surface area contributed by atoms with Crippen LogP contribution in [-0.4, -0.2) is 0 Å². The van der Waals surface area contributed by atoms with E-state index in [-0.39, 0.29) is 0 Å². The quantitative estimate of drug-likeness (QED) is 0.537. The predicted octanol–water partition coefficient (Wildman–Crippen LogP) is 3.82. The van der Waals surface area contributed by atoms with Gasteiger partial charge in [-0.2, -0.15) is 0 Å². The number of rotatable bonds is 1. The Morgan fingerprint density at radius 1 is 1.18 bits per heavy atom. The topological polar surface area (TPSA) is 0 Å². The van der Waals surface area contributed by atoms with E-state index in [9.17, 15) is 0 Å². The lowest BCUT2D eigenvalue weighted by Gasteiger charge is -2.42. The molecule has 0 saturated heterocycles. The van der Waals surface area contributed by atoms with Gasteiger partial charge >= 0.3 is 0 Å². The second-order valence-electron chi connectivity index (χ2n) is 5.26. The highest BCUT2D eigenvalue weighted by Gasteiger charge is 2.34. The fourth-order valence-electron chi connectivity index (χ4n) is 2.54. The molecule has 1 aliphatic rings. The van der Waals surface area contributed by atoms with Crippen molar-refractivity contribution >= 4 is 0 Å². The van der Waals surface area contributed by atoms with Gasteiger partial charge < -0.3 is 0 Å². The number of hydrogen-bond donors (Lipinski definition) is 0. The van der Waals surface area contributed by atoms with E-state index in [0.717, 1.165) is 6.42 Å². The zero-order valence-electron chi connectivity index (χ0n) is 8.24. The molecule has 0 N–H and O–H groups in total. The molecule has 1 unspecified atom stereocenters. The minimum Gasteiger partial charge on any atom is -0.0599 e. The molecule has 0 aromatic carbocycles. The van der Waals surface area contributed by atoms with E-state index in [1.807, 2.05) is 0 Å². The van der Waals surface area contributed by atoms with Crippen molar-refractivity contribution in [3.8, 4) is 0 Å². The van der Waals surface area contributed by atoms with Crippen LogP contribution in [0, 0.1) is 17.8 Å². The van der Waals surface area contributed by atoms with Crippen molar-refractivity contribution in [1.82, 2.24) is 0 Å². The van der Waals surface area contributed by atoms with E-state index in [1.165, 1.54) is 25.7 Å². The van der Waals surface area contributed by atoms with Gasteiger partial charge in [0.25, 0.3) is 0 Å². The first kappa shape index (κ1) is 9.09. The third-order valence-electron chi connectivity index (χ3n) is 3.14. The highest BCUT2D eigenvalue weighted by molar-refractivity contribution is 4.87. The summed E-state index contributed by atoms with van der Waals surface area (Å²) in [7, 11) is 0. The summed E-state index contributed by atoms with van der Waals surface area (Å²) in [6.45, 7) is 11.2. The Hall–Kier alpha value is 0. The normalized spacial score (nSPS) is 37.1. The van der Waals surface area contributed by atoms with Crippen LogP contribution >= 0.6 is 0 Å². The molecule has 65 valence electrons. The van der Waals surface area contributed by atoms with E-state index < -0.39 is 0 Å². The van der Waals surface area contributed by atoms with Gasteiger partial charge in [-0.1, -0.05) is 34.1 Å². The Morgan fingerprint density at radius 2 is 1.82 bits per heavy atom. The van der Waals surface area contributed by atoms with Gasteiger partial charge in [0.05, 0.1) is 0 Å². The maximum absolute atomic E-state index is 4.05. The van der Waals surface area contributed by atoms with E-state index in [0.29, 0.717) is 10.8 Å². The Kier molecular flexibility index (Phi) is 2.32. The minimum atomic E-state index is 0.543. The molecule has 0 aromatic rings. The molecule has 1 fully saturated rings. The molecule has 0 aromatic heterocycles. The van der Waals surface area contributed by atoms with Crippen molar-refractivity contribution in [3.63, 3.8) is 0 Å². The summed E-state index contributed by atoms with van der Waals surface area (Å²) in [6, 6.07) is 0. The first-order chi connectivity index (χ1) is 4.97. The monoisotopic (exact) mass is 153 g/mol. The van der Waals surface area contributed by atoms with E-state index in [1.54, 1.807) is 0 Å². The molecule has 0 aliphatic heterocycles. The highest BCUT2D eigenvalue weighted by Crippen LogP contribution is 2.47. The summed E-state index contributed by atoms with van der Waals surface area (Å²) in [4.78, 5) is 0. The molecule has 1 atom stereocenters. The van der Waals surface area contributed by atoms with Gasteiger partial charge in [0, 0.05) is 0 Å². The molecule has 0 bridgehead atoms. The lowest BCUT2D eigenvalue weighted by molar-refractivity contribution is 0.101. The van der Waals surface area contributed by atoms with Crippen LogP contribution in [0.25, 0.3) is 0 Å². The molecule has 1 radical (unpaired) electrons. The maximum Gasteiger partial charge on any atom is -0.0321 e.